The zero-order valence-electron chi connectivity index (χ0n) is 9.65. The normalized spacial score (nSPS) is 10.6. The zero-order valence-corrected chi connectivity index (χ0v) is 11.2. The van der Waals surface area contributed by atoms with Crippen molar-refractivity contribution in [2.45, 2.75) is 11.8 Å². The number of thioether (sulfide) groups is 1. The molecule has 0 radical (unpaired) electrons. The highest BCUT2D eigenvalue weighted by atomic mass is 35.5. The molecule has 6 nitrogen and oxygen atoms in total. The van der Waals surface area contributed by atoms with Crippen molar-refractivity contribution in [1.29, 1.82) is 0 Å². The molecule has 2 rings (SSSR count). The van der Waals surface area contributed by atoms with Crippen LogP contribution in [0.2, 0.25) is 5.02 Å². The number of aromatic nitrogens is 3. The van der Waals surface area contributed by atoms with Gasteiger partial charge >= 0.3 is 5.97 Å². The van der Waals surface area contributed by atoms with Crippen molar-refractivity contribution in [3.63, 3.8) is 0 Å². The molecule has 0 saturated heterocycles. The number of halogens is 1. The van der Waals surface area contributed by atoms with Gasteiger partial charge in [-0.1, -0.05) is 35.5 Å². The molecule has 0 aliphatic heterocycles. The number of carboxylic acids is 1. The Morgan fingerprint density at radius 1 is 1.37 bits per heavy atom. The van der Waals surface area contributed by atoms with E-state index < -0.39 is 5.97 Å². The first-order chi connectivity index (χ1) is 9.13. The van der Waals surface area contributed by atoms with Gasteiger partial charge in [0.05, 0.1) is 16.5 Å². The molecule has 2 N–H and O–H groups in total. The molecule has 100 valence electrons. The zero-order chi connectivity index (χ0) is 13.8. The molecule has 0 amide bonds. The van der Waals surface area contributed by atoms with Gasteiger partial charge in [-0.25, -0.2) is 0 Å². The summed E-state index contributed by atoms with van der Waals surface area (Å²) in [5.74, 6) is -0.793. The van der Waals surface area contributed by atoms with E-state index in [0.29, 0.717) is 21.7 Å². The third-order valence-electron chi connectivity index (χ3n) is 2.26. The molecule has 0 aliphatic carbocycles. The van der Waals surface area contributed by atoms with Gasteiger partial charge in [0.25, 0.3) is 0 Å². The number of rotatable bonds is 5. The summed E-state index contributed by atoms with van der Waals surface area (Å²) < 4.78 is 1.55. The predicted molar refractivity (Wildman–Crippen MR) is 70.7 cm³/mol. The van der Waals surface area contributed by atoms with Crippen LogP contribution in [0.5, 0.6) is 0 Å². The van der Waals surface area contributed by atoms with Crippen molar-refractivity contribution in [3.8, 4) is 5.69 Å². The van der Waals surface area contributed by atoms with Crippen molar-refractivity contribution in [1.82, 2.24) is 14.8 Å². The standard InChI is InChI=1S/C11H10ClN3O3S/c12-7-3-1-2-4-8(7)15-9(5-16)13-14-11(15)19-6-10(17)18/h1-4,16H,5-6H2,(H,17,18). The summed E-state index contributed by atoms with van der Waals surface area (Å²) in [5, 5.41) is 26.5. The molecule has 1 aromatic heterocycles. The summed E-state index contributed by atoms with van der Waals surface area (Å²) in [6, 6.07) is 7.01. The van der Waals surface area contributed by atoms with Gasteiger partial charge in [0.15, 0.2) is 11.0 Å². The number of benzene rings is 1. The van der Waals surface area contributed by atoms with Crippen molar-refractivity contribution in [3.05, 3.63) is 35.1 Å². The van der Waals surface area contributed by atoms with Gasteiger partial charge in [-0.15, -0.1) is 10.2 Å². The smallest absolute Gasteiger partial charge is 0.313 e. The monoisotopic (exact) mass is 299 g/mol. The Kier molecular flexibility index (Phi) is 4.41. The third kappa shape index (κ3) is 3.06. The minimum atomic E-state index is -0.954. The lowest BCUT2D eigenvalue weighted by molar-refractivity contribution is -0.133. The van der Waals surface area contributed by atoms with E-state index in [2.05, 4.69) is 10.2 Å². The number of hydrogen-bond acceptors (Lipinski definition) is 5. The van der Waals surface area contributed by atoms with E-state index >= 15 is 0 Å². The average molecular weight is 300 g/mol. The Morgan fingerprint density at radius 2 is 2.11 bits per heavy atom. The van der Waals surface area contributed by atoms with Gasteiger partial charge in [-0.3, -0.25) is 9.36 Å². The Labute approximate surface area is 118 Å². The van der Waals surface area contributed by atoms with E-state index in [9.17, 15) is 9.90 Å². The molecule has 0 aliphatic rings. The van der Waals surface area contributed by atoms with Crippen LogP contribution in [-0.4, -0.2) is 36.7 Å². The largest absolute Gasteiger partial charge is 0.481 e. The first-order valence-corrected chi connectivity index (χ1v) is 6.64. The first kappa shape index (κ1) is 13.9. The lowest BCUT2D eigenvalue weighted by Crippen LogP contribution is -2.05. The minimum Gasteiger partial charge on any atom is -0.481 e. The van der Waals surface area contributed by atoms with Crippen molar-refractivity contribution in [2.75, 3.05) is 5.75 Å². The van der Waals surface area contributed by atoms with Crippen LogP contribution in [0.3, 0.4) is 0 Å². The number of carboxylic acid groups (broad SMARTS) is 1. The second-order valence-corrected chi connectivity index (χ2v) is 4.88. The summed E-state index contributed by atoms with van der Waals surface area (Å²) in [6.07, 6.45) is 0. The van der Waals surface area contributed by atoms with Crippen molar-refractivity contribution < 1.29 is 15.0 Å². The third-order valence-corrected chi connectivity index (χ3v) is 3.49. The predicted octanol–water partition coefficient (Wildman–Crippen LogP) is 1.59. The molecular formula is C11H10ClN3O3S. The SMILES string of the molecule is O=C(O)CSc1nnc(CO)n1-c1ccccc1Cl. The van der Waals surface area contributed by atoms with E-state index in [1.165, 1.54) is 0 Å². The Balaban J connectivity index is 2.45. The molecule has 8 heteroatoms. The maximum Gasteiger partial charge on any atom is 0.313 e. The molecule has 0 spiro atoms. The van der Waals surface area contributed by atoms with Crippen LogP contribution < -0.4 is 0 Å². The fraction of sp³-hybridized carbons (Fsp3) is 0.182. The molecular weight excluding hydrogens is 290 g/mol. The molecule has 2 aromatic rings. The molecule has 0 unspecified atom stereocenters. The van der Waals surface area contributed by atoms with Gasteiger partial charge < -0.3 is 10.2 Å². The Bertz CT molecular complexity index is 603. The Morgan fingerprint density at radius 3 is 2.74 bits per heavy atom. The molecule has 0 atom stereocenters. The fourth-order valence-electron chi connectivity index (χ4n) is 1.50. The first-order valence-electron chi connectivity index (χ1n) is 5.28. The van der Waals surface area contributed by atoms with Gasteiger partial charge in [0.2, 0.25) is 0 Å². The Hall–Kier alpha value is -1.57. The molecule has 0 saturated carbocycles. The van der Waals surface area contributed by atoms with Crippen molar-refractivity contribution in [2.24, 2.45) is 0 Å². The average Bonchev–Trinajstić information content (AvgIpc) is 2.79. The van der Waals surface area contributed by atoms with Gasteiger partial charge in [0.1, 0.15) is 6.61 Å². The molecule has 1 aromatic carbocycles. The van der Waals surface area contributed by atoms with Crippen LogP contribution in [-0.2, 0) is 11.4 Å². The maximum atomic E-state index is 10.6. The number of hydrogen-bond donors (Lipinski definition) is 2. The van der Waals surface area contributed by atoms with Gasteiger partial charge in [0, 0.05) is 0 Å². The number of para-hydroxylation sites is 1. The number of carbonyl (C=O) groups is 1. The highest BCUT2D eigenvalue weighted by molar-refractivity contribution is 7.99. The molecule has 0 bridgehead atoms. The van der Waals surface area contributed by atoms with E-state index in [4.69, 9.17) is 16.7 Å². The number of aliphatic hydroxyl groups is 1. The summed E-state index contributed by atoms with van der Waals surface area (Å²) in [6.45, 7) is -0.314. The number of aliphatic hydroxyl groups excluding tert-OH is 1. The maximum absolute atomic E-state index is 10.6. The second-order valence-electron chi connectivity index (χ2n) is 3.53. The number of aliphatic carboxylic acids is 1. The van der Waals surface area contributed by atoms with Gasteiger partial charge in [-0.2, -0.15) is 0 Å². The highest BCUT2D eigenvalue weighted by Gasteiger charge is 2.16. The number of nitrogens with zero attached hydrogens (tertiary/aromatic N) is 3. The van der Waals surface area contributed by atoms with Crippen LogP contribution in [0.25, 0.3) is 5.69 Å². The second kappa shape index (κ2) is 6.05. The lowest BCUT2D eigenvalue weighted by Gasteiger charge is -2.09. The van der Waals surface area contributed by atoms with Crippen molar-refractivity contribution >= 4 is 29.3 Å². The topological polar surface area (TPSA) is 88.2 Å². The minimum absolute atomic E-state index is 0.145. The van der Waals surface area contributed by atoms with Crippen LogP contribution in [0.4, 0.5) is 0 Å². The summed E-state index contributed by atoms with van der Waals surface area (Å²) in [7, 11) is 0. The summed E-state index contributed by atoms with van der Waals surface area (Å²) in [4.78, 5) is 10.6. The van der Waals surface area contributed by atoms with Crippen LogP contribution >= 0.6 is 23.4 Å². The van der Waals surface area contributed by atoms with E-state index in [1.807, 2.05) is 0 Å². The lowest BCUT2D eigenvalue weighted by atomic mass is 10.3. The molecule has 19 heavy (non-hydrogen) atoms. The fourth-order valence-corrected chi connectivity index (χ4v) is 2.40. The van der Waals surface area contributed by atoms with E-state index in [1.54, 1.807) is 28.8 Å². The van der Waals surface area contributed by atoms with E-state index in [0.717, 1.165) is 11.8 Å². The van der Waals surface area contributed by atoms with Crippen LogP contribution in [0, 0.1) is 0 Å². The summed E-state index contributed by atoms with van der Waals surface area (Å²) in [5.41, 5.74) is 0.603. The highest BCUT2D eigenvalue weighted by Crippen LogP contribution is 2.26. The van der Waals surface area contributed by atoms with Gasteiger partial charge in [-0.05, 0) is 12.1 Å². The molecule has 0 fully saturated rings. The van der Waals surface area contributed by atoms with Crippen LogP contribution in [0.1, 0.15) is 5.82 Å². The van der Waals surface area contributed by atoms with Crippen LogP contribution in [0.15, 0.2) is 29.4 Å². The molecule has 1 heterocycles. The summed E-state index contributed by atoms with van der Waals surface area (Å²) >= 11 is 7.11. The quantitative estimate of drug-likeness (QED) is 0.815. The van der Waals surface area contributed by atoms with E-state index in [-0.39, 0.29) is 12.4 Å².